The van der Waals surface area contributed by atoms with Crippen molar-refractivity contribution >= 4 is 28.8 Å². The van der Waals surface area contributed by atoms with Crippen molar-refractivity contribution in [2.24, 2.45) is 0 Å². The molecule has 1 aromatic heterocycles. The second-order valence-corrected chi connectivity index (χ2v) is 5.48. The van der Waals surface area contributed by atoms with Crippen LogP contribution in [-0.4, -0.2) is 13.2 Å². The molecule has 0 bridgehead atoms. The highest BCUT2D eigenvalue weighted by Crippen LogP contribution is 2.27. The minimum atomic E-state index is -0.465. The number of ether oxygens (including phenoxy) is 1. The largest absolute Gasteiger partial charge is 0.453 e. The Balaban J connectivity index is 2.00. The molecule has 0 aliphatic carbocycles. The highest BCUT2D eigenvalue weighted by molar-refractivity contribution is 7.10. The number of amides is 1. The molecule has 1 unspecified atom stereocenters. The van der Waals surface area contributed by atoms with Gasteiger partial charge in [0.2, 0.25) is 0 Å². The molecule has 0 fully saturated rings. The van der Waals surface area contributed by atoms with Crippen LogP contribution in [0.2, 0.25) is 0 Å². The van der Waals surface area contributed by atoms with E-state index < -0.39 is 6.09 Å². The van der Waals surface area contributed by atoms with Crippen LogP contribution in [0, 0.1) is 6.92 Å². The summed E-state index contributed by atoms with van der Waals surface area (Å²) in [6.07, 6.45) is -0.465. The lowest BCUT2D eigenvalue weighted by atomic mass is 10.2. The van der Waals surface area contributed by atoms with Gasteiger partial charge in [0.15, 0.2) is 0 Å². The molecule has 1 heterocycles. The molecule has 2 N–H and O–H groups in total. The number of methoxy groups -OCH3 is 1. The Hall–Kier alpha value is -2.01. The Labute approximate surface area is 122 Å². The van der Waals surface area contributed by atoms with E-state index in [1.54, 1.807) is 11.3 Å². The predicted octanol–water partition coefficient (Wildman–Crippen LogP) is 4.41. The van der Waals surface area contributed by atoms with Gasteiger partial charge < -0.3 is 10.1 Å². The van der Waals surface area contributed by atoms with Crippen molar-refractivity contribution < 1.29 is 9.53 Å². The number of nitrogens with one attached hydrogen (secondary N) is 2. The molecule has 1 amide bonds. The normalized spacial score (nSPS) is 11.8. The van der Waals surface area contributed by atoms with E-state index >= 15 is 0 Å². The Morgan fingerprint density at radius 1 is 1.20 bits per heavy atom. The number of rotatable bonds is 4. The topological polar surface area (TPSA) is 50.4 Å². The number of anilines is 2. The summed E-state index contributed by atoms with van der Waals surface area (Å²) in [5.74, 6) is 0. The van der Waals surface area contributed by atoms with Gasteiger partial charge in [-0.05, 0) is 55.1 Å². The van der Waals surface area contributed by atoms with E-state index in [9.17, 15) is 4.79 Å². The molecule has 0 saturated heterocycles. The van der Waals surface area contributed by atoms with E-state index in [0.717, 1.165) is 5.69 Å². The second kappa shape index (κ2) is 6.43. The zero-order valence-corrected chi connectivity index (χ0v) is 12.6. The number of aryl methyl sites for hydroxylation is 1. The van der Waals surface area contributed by atoms with Gasteiger partial charge >= 0.3 is 6.09 Å². The maximum Gasteiger partial charge on any atom is 0.411 e. The maximum atomic E-state index is 11.1. The molecule has 5 heteroatoms. The summed E-state index contributed by atoms with van der Waals surface area (Å²) in [4.78, 5) is 12.4. The van der Waals surface area contributed by atoms with Gasteiger partial charge in [0.25, 0.3) is 0 Å². The molecule has 4 nitrogen and oxygen atoms in total. The van der Waals surface area contributed by atoms with Gasteiger partial charge in [0.1, 0.15) is 0 Å². The van der Waals surface area contributed by atoms with E-state index in [4.69, 9.17) is 0 Å². The molecule has 1 aromatic carbocycles. The molecular formula is C15H18N2O2S. The summed E-state index contributed by atoms with van der Waals surface area (Å²) in [7, 11) is 1.34. The van der Waals surface area contributed by atoms with Crippen LogP contribution in [0.15, 0.2) is 35.7 Å². The molecule has 0 saturated carbocycles. The number of benzene rings is 1. The minimum absolute atomic E-state index is 0.259. The van der Waals surface area contributed by atoms with Crippen molar-refractivity contribution in [3.8, 4) is 0 Å². The van der Waals surface area contributed by atoms with Crippen LogP contribution in [0.25, 0.3) is 0 Å². The van der Waals surface area contributed by atoms with Crippen molar-refractivity contribution in [2.45, 2.75) is 19.9 Å². The molecule has 106 valence electrons. The second-order valence-electron chi connectivity index (χ2n) is 4.53. The number of carbonyl (C=O) groups is 1. The van der Waals surface area contributed by atoms with Crippen LogP contribution in [0.1, 0.15) is 23.4 Å². The molecular weight excluding hydrogens is 272 g/mol. The van der Waals surface area contributed by atoms with Gasteiger partial charge in [0.05, 0.1) is 13.2 Å². The smallest absolute Gasteiger partial charge is 0.411 e. The van der Waals surface area contributed by atoms with Gasteiger partial charge in [-0.1, -0.05) is 0 Å². The number of carbonyl (C=O) groups excluding carboxylic acids is 1. The van der Waals surface area contributed by atoms with Crippen LogP contribution < -0.4 is 10.6 Å². The zero-order chi connectivity index (χ0) is 14.5. The number of thiophene rings is 1. The summed E-state index contributed by atoms with van der Waals surface area (Å²) in [6, 6.07) is 9.94. The van der Waals surface area contributed by atoms with Gasteiger partial charge in [-0.3, -0.25) is 5.32 Å². The van der Waals surface area contributed by atoms with Crippen LogP contribution >= 0.6 is 11.3 Å². The van der Waals surface area contributed by atoms with E-state index in [1.165, 1.54) is 17.6 Å². The molecule has 0 aliphatic rings. The SMILES string of the molecule is COC(=O)Nc1ccc(NC(C)c2sccc2C)cc1. The van der Waals surface area contributed by atoms with Crippen molar-refractivity contribution in [3.63, 3.8) is 0 Å². The van der Waals surface area contributed by atoms with Crippen molar-refractivity contribution in [1.29, 1.82) is 0 Å². The fraction of sp³-hybridized carbons (Fsp3) is 0.267. The van der Waals surface area contributed by atoms with Crippen molar-refractivity contribution in [3.05, 3.63) is 46.2 Å². The summed E-state index contributed by atoms with van der Waals surface area (Å²) in [6.45, 7) is 4.26. The standard InChI is InChI=1S/C15H18N2O2S/c1-10-8-9-20-14(10)11(2)16-12-4-6-13(7-5-12)17-15(18)19-3/h4-9,11,16H,1-3H3,(H,17,18). The first-order valence-corrected chi connectivity index (χ1v) is 7.23. The average molecular weight is 290 g/mol. The van der Waals surface area contributed by atoms with E-state index in [2.05, 4.69) is 40.7 Å². The fourth-order valence-electron chi connectivity index (χ4n) is 1.96. The van der Waals surface area contributed by atoms with E-state index in [-0.39, 0.29) is 6.04 Å². The number of hydrogen-bond donors (Lipinski definition) is 2. The average Bonchev–Trinajstić information content (AvgIpc) is 2.87. The lowest BCUT2D eigenvalue weighted by Crippen LogP contribution is -2.11. The first kappa shape index (κ1) is 14.4. The van der Waals surface area contributed by atoms with Crippen LogP contribution in [0.5, 0.6) is 0 Å². The van der Waals surface area contributed by atoms with Crippen LogP contribution in [-0.2, 0) is 4.74 Å². The fourth-order valence-corrected chi connectivity index (χ4v) is 2.90. The Bertz CT molecular complexity index is 578. The molecule has 0 aliphatic heterocycles. The monoisotopic (exact) mass is 290 g/mol. The summed E-state index contributed by atoms with van der Waals surface area (Å²) < 4.78 is 4.55. The molecule has 20 heavy (non-hydrogen) atoms. The maximum absolute atomic E-state index is 11.1. The molecule has 2 aromatic rings. The summed E-state index contributed by atoms with van der Waals surface area (Å²) in [5, 5.41) is 8.17. The quantitative estimate of drug-likeness (QED) is 0.877. The lowest BCUT2D eigenvalue weighted by Gasteiger charge is -2.15. The summed E-state index contributed by atoms with van der Waals surface area (Å²) in [5.41, 5.74) is 3.03. The molecule has 2 rings (SSSR count). The van der Waals surface area contributed by atoms with Crippen LogP contribution in [0.4, 0.5) is 16.2 Å². The van der Waals surface area contributed by atoms with Gasteiger partial charge in [0, 0.05) is 16.3 Å². The number of hydrogen-bond acceptors (Lipinski definition) is 4. The third kappa shape index (κ3) is 3.51. The predicted molar refractivity (Wildman–Crippen MR) is 83.6 cm³/mol. The highest BCUT2D eigenvalue weighted by Gasteiger charge is 2.09. The highest BCUT2D eigenvalue weighted by atomic mass is 32.1. The first-order chi connectivity index (χ1) is 9.60. The van der Waals surface area contributed by atoms with Crippen molar-refractivity contribution in [1.82, 2.24) is 0 Å². The van der Waals surface area contributed by atoms with Gasteiger partial charge in [-0.15, -0.1) is 11.3 Å². The van der Waals surface area contributed by atoms with Crippen molar-refractivity contribution in [2.75, 3.05) is 17.7 Å². The lowest BCUT2D eigenvalue weighted by molar-refractivity contribution is 0.187. The third-order valence-electron chi connectivity index (χ3n) is 2.99. The molecule has 0 radical (unpaired) electrons. The van der Waals surface area contributed by atoms with Gasteiger partial charge in [-0.25, -0.2) is 4.79 Å². The molecule has 1 atom stereocenters. The van der Waals surface area contributed by atoms with Gasteiger partial charge in [-0.2, -0.15) is 0 Å². The summed E-state index contributed by atoms with van der Waals surface area (Å²) >= 11 is 1.76. The minimum Gasteiger partial charge on any atom is -0.453 e. The van der Waals surface area contributed by atoms with E-state index in [0.29, 0.717) is 5.69 Å². The zero-order valence-electron chi connectivity index (χ0n) is 11.8. The Kier molecular flexibility index (Phi) is 4.63. The first-order valence-electron chi connectivity index (χ1n) is 6.35. The van der Waals surface area contributed by atoms with Crippen LogP contribution in [0.3, 0.4) is 0 Å². The Morgan fingerprint density at radius 3 is 2.40 bits per heavy atom. The van der Waals surface area contributed by atoms with E-state index in [1.807, 2.05) is 24.3 Å². The third-order valence-corrected chi connectivity index (χ3v) is 4.20. The molecule has 0 spiro atoms. The Morgan fingerprint density at radius 2 is 1.85 bits per heavy atom.